The number of benzene rings is 1. The number of hydrogen-bond donors (Lipinski definition) is 1. The zero-order chi connectivity index (χ0) is 19.5. The molecule has 1 heterocycles. The number of ether oxygens (including phenoxy) is 1. The standard InChI is InChI=1S/C20H23N3O4/c1-16-5-7-17(8-6-16)9-12-20(24)27-14-4-2-3-13-21-19-11-10-18(15-22-19)23(25)26/h5-12,15H,2-4,13-14H2,1H3,(H,21,22)/b12-9+. The summed E-state index contributed by atoms with van der Waals surface area (Å²) in [4.78, 5) is 25.7. The molecule has 0 fully saturated rings. The number of aryl methyl sites for hydroxylation is 1. The molecule has 1 N–H and O–H groups in total. The maximum Gasteiger partial charge on any atom is 0.330 e. The Bertz CT molecular complexity index is 771. The van der Waals surface area contributed by atoms with E-state index in [1.807, 2.05) is 31.2 Å². The Morgan fingerprint density at radius 2 is 1.96 bits per heavy atom. The fraction of sp³-hybridized carbons (Fsp3) is 0.300. The van der Waals surface area contributed by atoms with Gasteiger partial charge in [-0.15, -0.1) is 0 Å². The predicted octanol–water partition coefficient (Wildman–Crippen LogP) is 4.14. The van der Waals surface area contributed by atoms with Crippen LogP contribution >= 0.6 is 0 Å². The number of nitrogens with one attached hydrogen (secondary N) is 1. The number of pyridine rings is 1. The number of esters is 1. The van der Waals surface area contributed by atoms with Crippen LogP contribution in [0.25, 0.3) is 6.08 Å². The second kappa shape index (κ2) is 10.7. The zero-order valence-corrected chi connectivity index (χ0v) is 15.3. The summed E-state index contributed by atoms with van der Waals surface area (Å²) >= 11 is 0. The Hall–Kier alpha value is -3.22. The maximum atomic E-state index is 11.7. The fourth-order valence-electron chi connectivity index (χ4n) is 2.28. The van der Waals surface area contributed by atoms with Crippen LogP contribution in [0.15, 0.2) is 48.7 Å². The van der Waals surface area contributed by atoms with Crippen molar-refractivity contribution in [2.75, 3.05) is 18.5 Å². The van der Waals surface area contributed by atoms with E-state index in [9.17, 15) is 14.9 Å². The number of carbonyl (C=O) groups excluding carboxylic acids is 1. The number of nitrogens with zero attached hydrogens (tertiary/aromatic N) is 2. The highest BCUT2D eigenvalue weighted by Crippen LogP contribution is 2.12. The van der Waals surface area contributed by atoms with Gasteiger partial charge in [0.25, 0.3) is 5.69 Å². The topological polar surface area (TPSA) is 94.4 Å². The Morgan fingerprint density at radius 3 is 2.63 bits per heavy atom. The van der Waals surface area contributed by atoms with E-state index in [-0.39, 0.29) is 11.7 Å². The number of unbranched alkanes of at least 4 members (excludes halogenated alkanes) is 2. The van der Waals surface area contributed by atoms with E-state index in [1.54, 1.807) is 12.1 Å². The Labute approximate surface area is 158 Å². The van der Waals surface area contributed by atoms with Crippen molar-refractivity contribution in [2.24, 2.45) is 0 Å². The highest BCUT2D eigenvalue weighted by Gasteiger charge is 2.04. The minimum Gasteiger partial charge on any atom is -0.463 e. The van der Waals surface area contributed by atoms with Crippen LogP contribution in [0.4, 0.5) is 11.5 Å². The molecular formula is C20H23N3O4. The second-order valence-electron chi connectivity index (χ2n) is 6.06. The van der Waals surface area contributed by atoms with Crippen LogP contribution in [-0.2, 0) is 9.53 Å². The third-order valence-electron chi connectivity index (χ3n) is 3.82. The summed E-state index contributed by atoms with van der Waals surface area (Å²) in [6.45, 7) is 3.10. The van der Waals surface area contributed by atoms with Gasteiger partial charge in [0.1, 0.15) is 12.0 Å². The zero-order valence-electron chi connectivity index (χ0n) is 15.3. The molecule has 0 amide bonds. The number of hydrogen-bond acceptors (Lipinski definition) is 6. The largest absolute Gasteiger partial charge is 0.463 e. The van der Waals surface area contributed by atoms with Crippen LogP contribution in [0.1, 0.15) is 30.4 Å². The molecule has 0 bridgehead atoms. The molecule has 2 aromatic rings. The first-order chi connectivity index (χ1) is 13.0. The molecule has 2 rings (SSSR count). The molecule has 0 radical (unpaired) electrons. The highest BCUT2D eigenvalue weighted by molar-refractivity contribution is 5.87. The van der Waals surface area contributed by atoms with Gasteiger partial charge in [0.15, 0.2) is 0 Å². The van der Waals surface area contributed by atoms with Crippen LogP contribution in [0.3, 0.4) is 0 Å². The van der Waals surface area contributed by atoms with Crippen LogP contribution in [0.2, 0.25) is 0 Å². The summed E-state index contributed by atoms with van der Waals surface area (Å²) in [5.74, 6) is 0.261. The van der Waals surface area contributed by atoms with E-state index in [0.29, 0.717) is 19.0 Å². The summed E-state index contributed by atoms with van der Waals surface area (Å²) < 4.78 is 5.17. The predicted molar refractivity (Wildman–Crippen MR) is 104 cm³/mol. The molecule has 0 atom stereocenters. The molecule has 142 valence electrons. The number of rotatable bonds is 10. The van der Waals surface area contributed by atoms with Crippen LogP contribution in [0.5, 0.6) is 0 Å². The molecule has 0 spiro atoms. The van der Waals surface area contributed by atoms with Gasteiger partial charge in [-0.2, -0.15) is 0 Å². The van der Waals surface area contributed by atoms with Gasteiger partial charge >= 0.3 is 5.97 Å². The lowest BCUT2D eigenvalue weighted by atomic mass is 10.1. The summed E-state index contributed by atoms with van der Waals surface area (Å²) in [6.07, 6.45) is 6.96. The molecule has 7 nitrogen and oxygen atoms in total. The average molecular weight is 369 g/mol. The van der Waals surface area contributed by atoms with Crippen molar-refractivity contribution in [3.05, 3.63) is 69.9 Å². The third kappa shape index (κ3) is 7.68. The molecule has 0 unspecified atom stereocenters. The van der Waals surface area contributed by atoms with E-state index in [2.05, 4.69) is 10.3 Å². The van der Waals surface area contributed by atoms with Crippen molar-refractivity contribution in [1.29, 1.82) is 0 Å². The van der Waals surface area contributed by atoms with E-state index in [4.69, 9.17) is 4.74 Å². The van der Waals surface area contributed by atoms with Crippen LogP contribution < -0.4 is 5.32 Å². The van der Waals surface area contributed by atoms with E-state index in [0.717, 1.165) is 24.8 Å². The molecule has 0 aliphatic heterocycles. The van der Waals surface area contributed by atoms with Gasteiger partial charge in [0, 0.05) is 18.7 Å². The lowest BCUT2D eigenvalue weighted by Crippen LogP contribution is -2.05. The van der Waals surface area contributed by atoms with Gasteiger partial charge in [-0.1, -0.05) is 29.8 Å². The number of carbonyl (C=O) groups is 1. The summed E-state index contributed by atoms with van der Waals surface area (Å²) in [5, 5.41) is 13.7. The maximum absolute atomic E-state index is 11.7. The molecule has 7 heteroatoms. The summed E-state index contributed by atoms with van der Waals surface area (Å²) in [5.41, 5.74) is 2.11. The monoisotopic (exact) mass is 369 g/mol. The summed E-state index contributed by atoms with van der Waals surface area (Å²) in [6, 6.07) is 10.9. The molecule has 1 aromatic carbocycles. The minimum absolute atomic E-state index is 0.0289. The molecule has 0 saturated heterocycles. The van der Waals surface area contributed by atoms with Gasteiger partial charge in [-0.05, 0) is 43.9 Å². The second-order valence-corrected chi connectivity index (χ2v) is 6.06. The van der Waals surface area contributed by atoms with Crippen molar-refractivity contribution in [1.82, 2.24) is 4.98 Å². The molecule has 1 aromatic heterocycles. The lowest BCUT2D eigenvalue weighted by Gasteiger charge is -2.05. The fourth-order valence-corrected chi connectivity index (χ4v) is 2.28. The quantitative estimate of drug-likeness (QED) is 0.222. The van der Waals surface area contributed by atoms with Crippen molar-refractivity contribution in [3.63, 3.8) is 0 Å². The Kier molecular flexibility index (Phi) is 7.96. The number of anilines is 1. The van der Waals surface area contributed by atoms with E-state index < -0.39 is 4.92 Å². The van der Waals surface area contributed by atoms with E-state index >= 15 is 0 Å². The normalized spacial score (nSPS) is 10.7. The van der Waals surface area contributed by atoms with Crippen molar-refractivity contribution in [3.8, 4) is 0 Å². The van der Waals surface area contributed by atoms with Gasteiger partial charge in [-0.3, -0.25) is 10.1 Å². The smallest absolute Gasteiger partial charge is 0.330 e. The molecule has 0 aliphatic carbocycles. The van der Waals surface area contributed by atoms with Crippen molar-refractivity contribution < 1.29 is 14.5 Å². The van der Waals surface area contributed by atoms with Gasteiger partial charge in [-0.25, -0.2) is 9.78 Å². The van der Waals surface area contributed by atoms with Gasteiger partial charge in [0.2, 0.25) is 0 Å². The van der Waals surface area contributed by atoms with Crippen molar-refractivity contribution in [2.45, 2.75) is 26.2 Å². The Balaban J connectivity index is 1.54. The van der Waals surface area contributed by atoms with Gasteiger partial charge in [0.05, 0.1) is 11.5 Å². The van der Waals surface area contributed by atoms with Crippen molar-refractivity contribution >= 4 is 23.6 Å². The lowest BCUT2D eigenvalue weighted by molar-refractivity contribution is -0.385. The first-order valence-corrected chi connectivity index (χ1v) is 8.80. The highest BCUT2D eigenvalue weighted by atomic mass is 16.6. The Morgan fingerprint density at radius 1 is 1.19 bits per heavy atom. The molecule has 0 aliphatic rings. The SMILES string of the molecule is Cc1ccc(/C=C/C(=O)OCCCCCNc2ccc([N+](=O)[O-])cn2)cc1. The number of nitro groups is 1. The molecule has 0 saturated carbocycles. The molecular weight excluding hydrogens is 346 g/mol. The van der Waals surface area contributed by atoms with Gasteiger partial charge < -0.3 is 10.1 Å². The van der Waals surface area contributed by atoms with Crippen LogP contribution in [0, 0.1) is 17.0 Å². The van der Waals surface area contributed by atoms with Crippen LogP contribution in [-0.4, -0.2) is 29.0 Å². The minimum atomic E-state index is -0.478. The summed E-state index contributed by atoms with van der Waals surface area (Å²) in [7, 11) is 0. The third-order valence-corrected chi connectivity index (χ3v) is 3.82. The van der Waals surface area contributed by atoms with E-state index in [1.165, 1.54) is 23.9 Å². The number of aromatic nitrogens is 1. The first-order valence-electron chi connectivity index (χ1n) is 8.80. The molecule has 27 heavy (non-hydrogen) atoms. The average Bonchev–Trinajstić information content (AvgIpc) is 2.67. The first kappa shape index (κ1) is 20.1.